The molecule has 1 aromatic carbocycles. The predicted octanol–water partition coefficient (Wildman–Crippen LogP) is 2.79. The molecule has 2 aliphatic heterocycles. The summed E-state index contributed by atoms with van der Waals surface area (Å²) in [6.07, 6.45) is 6.65. The number of piperidine rings is 2. The van der Waals surface area contributed by atoms with Gasteiger partial charge in [-0.15, -0.1) is 0 Å². The lowest BCUT2D eigenvalue weighted by Gasteiger charge is -2.31. The molecule has 2 aliphatic rings. The molecule has 0 bridgehead atoms. The molecule has 5 heteroatoms. The summed E-state index contributed by atoms with van der Waals surface area (Å²) in [5, 5.41) is 13.1. The van der Waals surface area contributed by atoms with Crippen LogP contribution in [0.5, 0.6) is 0 Å². The number of aliphatic hydroxyl groups is 1. The molecule has 1 aromatic rings. The van der Waals surface area contributed by atoms with E-state index in [0.717, 1.165) is 70.2 Å². The molecule has 2 N–H and O–H groups in total. The smallest absolute Gasteiger partial charge is 0.198 e. The average Bonchev–Trinajstić information content (AvgIpc) is 2.67. The quantitative estimate of drug-likeness (QED) is 0.490. The number of nitrogens with one attached hydrogen (secondary N) is 1. The molecule has 25 heavy (non-hydrogen) atoms. The van der Waals surface area contributed by atoms with Gasteiger partial charge in [-0.1, -0.05) is 18.2 Å². The Balaban J connectivity index is 1.51. The first kappa shape index (κ1) is 18.2. The van der Waals surface area contributed by atoms with Crippen molar-refractivity contribution in [1.29, 1.82) is 0 Å². The van der Waals surface area contributed by atoms with Crippen molar-refractivity contribution in [3.63, 3.8) is 0 Å². The second-order valence-electron chi connectivity index (χ2n) is 7.17. The summed E-state index contributed by atoms with van der Waals surface area (Å²) >= 11 is 0. The largest absolute Gasteiger partial charge is 0.393 e. The van der Waals surface area contributed by atoms with E-state index in [0.29, 0.717) is 0 Å². The van der Waals surface area contributed by atoms with Gasteiger partial charge in [-0.05, 0) is 57.2 Å². The number of rotatable bonds is 5. The van der Waals surface area contributed by atoms with Crippen molar-refractivity contribution < 1.29 is 5.11 Å². The molecule has 0 aromatic heterocycles. The third kappa shape index (κ3) is 6.01. The predicted molar refractivity (Wildman–Crippen MR) is 104 cm³/mol. The SMILES string of the molecule is OC1CCN(CCCN=C(Nc2ccccc2)N2CCCCC2)CC1. The molecule has 0 amide bonds. The lowest BCUT2D eigenvalue weighted by Crippen LogP contribution is -2.40. The van der Waals surface area contributed by atoms with E-state index in [9.17, 15) is 5.11 Å². The minimum atomic E-state index is -0.0879. The van der Waals surface area contributed by atoms with Crippen LogP contribution in [0.4, 0.5) is 5.69 Å². The number of nitrogens with zero attached hydrogens (tertiary/aromatic N) is 3. The maximum atomic E-state index is 9.59. The van der Waals surface area contributed by atoms with Gasteiger partial charge in [0.15, 0.2) is 5.96 Å². The van der Waals surface area contributed by atoms with Crippen molar-refractivity contribution in [2.75, 3.05) is 44.6 Å². The Morgan fingerprint density at radius 2 is 1.76 bits per heavy atom. The molecule has 3 rings (SSSR count). The van der Waals surface area contributed by atoms with Gasteiger partial charge in [0.25, 0.3) is 0 Å². The molecular weight excluding hydrogens is 312 g/mol. The summed E-state index contributed by atoms with van der Waals surface area (Å²) in [4.78, 5) is 9.75. The fourth-order valence-corrected chi connectivity index (χ4v) is 3.60. The summed E-state index contributed by atoms with van der Waals surface area (Å²) < 4.78 is 0. The van der Waals surface area contributed by atoms with Crippen LogP contribution in [0.15, 0.2) is 35.3 Å². The highest BCUT2D eigenvalue weighted by atomic mass is 16.3. The van der Waals surface area contributed by atoms with E-state index in [4.69, 9.17) is 4.99 Å². The van der Waals surface area contributed by atoms with Crippen LogP contribution in [-0.2, 0) is 0 Å². The van der Waals surface area contributed by atoms with Crippen molar-refractivity contribution in [3.05, 3.63) is 30.3 Å². The number of benzene rings is 1. The van der Waals surface area contributed by atoms with Gasteiger partial charge in [0, 0.05) is 38.4 Å². The summed E-state index contributed by atoms with van der Waals surface area (Å²) in [5.74, 6) is 1.03. The van der Waals surface area contributed by atoms with E-state index in [2.05, 4.69) is 39.4 Å². The van der Waals surface area contributed by atoms with Crippen molar-refractivity contribution in [2.24, 2.45) is 4.99 Å². The van der Waals surface area contributed by atoms with Crippen molar-refractivity contribution >= 4 is 11.6 Å². The summed E-state index contributed by atoms with van der Waals surface area (Å²) in [7, 11) is 0. The molecule has 2 saturated heterocycles. The standard InChI is InChI=1S/C20H32N4O/c25-19-10-16-23(17-11-19)13-7-12-21-20(24-14-5-2-6-15-24)22-18-8-3-1-4-9-18/h1,3-4,8-9,19,25H,2,5-7,10-17H2,(H,21,22). The Kier molecular flexibility index (Phi) is 7.12. The first-order chi connectivity index (χ1) is 12.3. The van der Waals surface area contributed by atoms with Crippen LogP contribution in [0, 0.1) is 0 Å². The van der Waals surface area contributed by atoms with Gasteiger partial charge >= 0.3 is 0 Å². The number of guanidine groups is 1. The van der Waals surface area contributed by atoms with Gasteiger partial charge in [-0.25, -0.2) is 0 Å². The minimum Gasteiger partial charge on any atom is -0.393 e. The maximum Gasteiger partial charge on any atom is 0.198 e. The number of hydrogen-bond acceptors (Lipinski definition) is 3. The number of hydrogen-bond donors (Lipinski definition) is 2. The lowest BCUT2D eigenvalue weighted by atomic mass is 10.1. The van der Waals surface area contributed by atoms with Gasteiger partial charge in [0.1, 0.15) is 0 Å². The van der Waals surface area contributed by atoms with E-state index >= 15 is 0 Å². The molecule has 2 fully saturated rings. The van der Waals surface area contributed by atoms with E-state index in [1.807, 2.05) is 6.07 Å². The molecule has 0 radical (unpaired) electrons. The van der Waals surface area contributed by atoms with Crippen LogP contribution >= 0.6 is 0 Å². The molecule has 2 heterocycles. The lowest BCUT2D eigenvalue weighted by molar-refractivity contribution is 0.0824. The molecule has 5 nitrogen and oxygen atoms in total. The maximum absolute atomic E-state index is 9.59. The normalized spacial score (nSPS) is 20.7. The summed E-state index contributed by atoms with van der Waals surface area (Å²) in [5.41, 5.74) is 1.11. The Labute approximate surface area is 151 Å². The second kappa shape index (κ2) is 9.78. The molecule has 138 valence electrons. The Hall–Kier alpha value is -1.59. The number of aliphatic imine (C=N–C) groups is 1. The van der Waals surface area contributed by atoms with Gasteiger partial charge < -0.3 is 20.2 Å². The monoisotopic (exact) mass is 344 g/mol. The van der Waals surface area contributed by atoms with Gasteiger partial charge in [0.2, 0.25) is 0 Å². The van der Waals surface area contributed by atoms with E-state index < -0.39 is 0 Å². The highest BCUT2D eigenvalue weighted by molar-refractivity contribution is 5.93. The molecule has 0 atom stereocenters. The van der Waals surface area contributed by atoms with Crippen LogP contribution in [-0.4, -0.2) is 66.2 Å². The third-order valence-electron chi connectivity index (χ3n) is 5.14. The Morgan fingerprint density at radius 3 is 2.48 bits per heavy atom. The number of likely N-dealkylation sites (tertiary alicyclic amines) is 2. The Bertz CT molecular complexity index is 520. The van der Waals surface area contributed by atoms with Gasteiger partial charge in [0.05, 0.1) is 6.10 Å². The molecule has 0 aliphatic carbocycles. The molecule has 0 spiro atoms. The zero-order valence-electron chi connectivity index (χ0n) is 15.2. The van der Waals surface area contributed by atoms with Crippen LogP contribution in [0.1, 0.15) is 38.5 Å². The van der Waals surface area contributed by atoms with Gasteiger partial charge in [-0.2, -0.15) is 0 Å². The van der Waals surface area contributed by atoms with E-state index in [1.54, 1.807) is 0 Å². The second-order valence-corrected chi connectivity index (χ2v) is 7.17. The first-order valence-corrected chi connectivity index (χ1v) is 9.83. The summed E-state index contributed by atoms with van der Waals surface area (Å²) in [6.45, 7) is 6.17. The van der Waals surface area contributed by atoms with Gasteiger partial charge in [-0.3, -0.25) is 4.99 Å². The van der Waals surface area contributed by atoms with E-state index in [-0.39, 0.29) is 6.10 Å². The average molecular weight is 345 g/mol. The van der Waals surface area contributed by atoms with Crippen LogP contribution in [0.3, 0.4) is 0 Å². The minimum absolute atomic E-state index is 0.0879. The first-order valence-electron chi connectivity index (χ1n) is 9.83. The highest BCUT2D eigenvalue weighted by Gasteiger charge is 2.17. The third-order valence-corrected chi connectivity index (χ3v) is 5.14. The number of aliphatic hydroxyl groups excluding tert-OH is 1. The van der Waals surface area contributed by atoms with Crippen molar-refractivity contribution in [3.8, 4) is 0 Å². The Morgan fingerprint density at radius 1 is 1.04 bits per heavy atom. The fraction of sp³-hybridized carbons (Fsp3) is 0.650. The molecule has 0 saturated carbocycles. The molecule has 0 unspecified atom stereocenters. The number of anilines is 1. The highest BCUT2D eigenvalue weighted by Crippen LogP contribution is 2.13. The zero-order valence-corrected chi connectivity index (χ0v) is 15.2. The van der Waals surface area contributed by atoms with Crippen LogP contribution in [0.25, 0.3) is 0 Å². The summed E-state index contributed by atoms with van der Waals surface area (Å²) in [6, 6.07) is 10.3. The van der Waals surface area contributed by atoms with Crippen molar-refractivity contribution in [1.82, 2.24) is 9.80 Å². The zero-order chi connectivity index (χ0) is 17.3. The van der Waals surface area contributed by atoms with Crippen molar-refractivity contribution in [2.45, 2.75) is 44.6 Å². The topological polar surface area (TPSA) is 51.1 Å². The van der Waals surface area contributed by atoms with Crippen LogP contribution in [0.2, 0.25) is 0 Å². The molecular formula is C20H32N4O. The number of para-hydroxylation sites is 1. The van der Waals surface area contributed by atoms with Crippen LogP contribution < -0.4 is 5.32 Å². The fourth-order valence-electron chi connectivity index (χ4n) is 3.60. The van der Waals surface area contributed by atoms with E-state index in [1.165, 1.54) is 19.3 Å².